The lowest BCUT2D eigenvalue weighted by Gasteiger charge is -2.26. The third-order valence-corrected chi connectivity index (χ3v) is 6.42. The fourth-order valence-corrected chi connectivity index (χ4v) is 4.40. The second-order valence-corrected chi connectivity index (χ2v) is 8.97. The Morgan fingerprint density at radius 3 is 2.09 bits per heavy atom. The van der Waals surface area contributed by atoms with Gasteiger partial charge in [-0.1, -0.05) is 69.3 Å². The van der Waals surface area contributed by atoms with Gasteiger partial charge in [0.2, 0.25) is 0 Å². The highest BCUT2D eigenvalue weighted by Gasteiger charge is 2.47. The molecule has 1 atom stereocenters. The summed E-state index contributed by atoms with van der Waals surface area (Å²) in [7, 11) is 0. The molecule has 3 aromatic rings. The number of rotatable bonds is 7. The molecule has 0 bridgehead atoms. The molecule has 0 saturated carbocycles. The Balaban J connectivity index is 1.86. The van der Waals surface area contributed by atoms with Crippen molar-refractivity contribution in [3.63, 3.8) is 0 Å². The van der Waals surface area contributed by atoms with Crippen molar-refractivity contribution in [3.05, 3.63) is 101 Å². The molecule has 1 fully saturated rings. The van der Waals surface area contributed by atoms with Gasteiger partial charge in [0, 0.05) is 11.3 Å². The van der Waals surface area contributed by atoms with Gasteiger partial charge in [-0.15, -0.1) is 0 Å². The Bertz CT molecular complexity index is 1240. The van der Waals surface area contributed by atoms with Gasteiger partial charge in [0.25, 0.3) is 11.7 Å². The van der Waals surface area contributed by atoms with Crippen LogP contribution in [0.5, 0.6) is 5.75 Å². The summed E-state index contributed by atoms with van der Waals surface area (Å²) >= 11 is 0. The third-order valence-electron chi connectivity index (χ3n) is 6.42. The molecule has 5 nitrogen and oxygen atoms in total. The minimum atomic E-state index is -0.763. The molecule has 0 aromatic heterocycles. The number of ketones is 1. The van der Waals surface area contributed by atoms with Crippen molar-refractivity contribution >= 4 is 23.1 Å². The molecule has 1 aliphatic heterocycles. The normalized spacial score (nSPS) is 17.3. The lowest BCUT2D eigenvalue weighted by atomic mass is 9.94. The van der Waals surface area contributed by atoms with Gasteiger partial charge in [0.05, 0.1) is 18.2 Å². The van der Waals surface area contributed by atoms with E-state index in [4.69, 9.17) is 4.74 Å². The summed E-state index contributed by atoms with van der Waals surface area (Å²) in [6, 6.07) is 21.6. The summed E-state index contributed by atoms with van der Waals surface area (Å²) in [6.45, 7) is 8.70. The lowest BCUT2D eigenvalue weighted by molar-refractivity contribution is -0.132. The molecule has 1 saturated heterocycles. The van der Waals surface area contributed by atoms with E-state index in [0.717, 1.165) is 17.5 Å². The Hall–Kier alpha value is -3.86. The number of nitrogens with zero attached hydrogens (tertiary/aromatic N) is 1. The van der Waals surface area contributed by atoms with Crippen LogP contribution >= 0.6 is 0 Å². The first-order chi connectivity index (χ1) is 16.8. The number of aryl methyl sites for hydroxylation is 1. The smallest absolute Gasteiger partial charge is 0.300 e. The van der Waals surface area contributed by atoms with E-state index in [1.54, 1.807) is 12.1 Å². The number of hydrogen-bond donors (Lipinski definition) is 1. The van der Waals surface area contributed by atoms with Crippen LogP contribution in [0.15, 0.2) is 78.4 Å². The molecule has 0 radical (unpaired) electrons. The van der Waals surface area contributed by atoms with Crippen molar-refractivity contribution in [1.82, 2.24) is 0 Å². The van der Waals surface area contributed by atoms with Crippen LogP contribution in [0.25, 0.3) is 5.76 Å². The van der Waals surface area contributed by atoms with E-state index in [2.05, 4.69) is 20.8 Å². The Morgan fingerprint density at radius 2 is 1.54 bits per heavy atom. The number of Topliss-reactive ketones (excluding diaryl/α,β-unsaturated/α-hetero) is 1. The average Bonchev–Trinajstić information content (AvgIpc) is 3.14. The molecule has 180 valence electrons. The Morgan fingerprint density at radius 1 is 0.914 bits per heavy atom. The van der Waals surface area contributed by atoms with E-state index in [9.17, 15) is 14.7 Å². The number of aliphatic hydroxyl groups excluding tert-OH is 1. The van der Waals surface area contributed by atoms with Crippen LogP contribution in [0.1, 0.15) is 61.9 Å². The van der Waals surface area contributed by atoms with Gasteiger partial charge < -0.3 is 9.84 Å². The topological polar surface area (TPSA) is 66.8 Å². The SMILES string of the molecule is CCOc1ccc(C2/C(=C(\O)c3ccc(CC)cc3)C(=O)C(=O)N2c2ccc(C(C)C)cc2)cc1. The molecule has 1 aliphatic rings. The van der Waals surface area contributed by atoms with E-state index in [1.165, 1.54) is 4.90 Å². The molecule has 5 heteroatoms. The zero-order chi connectivity index (χ0) is 25.1. The zero-order valence-electron chi connectivity index (χ0n) is 20.6. The molecule has 1 amide bonds. The monoisotopic (exact) mass is 469 g/mol. The van der Waals surface area contributed by atoms with Crippen molar-refractivity contribution in [1.29, 1.82) is 0 Å². The lowest BCUT2D eigenvalue weighted by Crippen LogP contribution is -2.29. The van der Waals surface area contributed by atoms with E-state index >= 15 is 0 Å². The molecule has 1 unspecified atom stereocenters. The van der Waals surface area contributed by atoms with Gasteiger partial charge >= 0.3 is 0 Å². The van der Waals surface area contributed by atoms with E-state index < -0.39 is 17.7 Å². The molecule has 0 spiro atoms. The summed E-state index contributed by atoms with van der Waals surface area (Å²) in [5, 5.41) is 11.3. The van der Waals surface area contributed by atoms with Crippen LogP contribution in [0, 0.1) is 0 Å². The first-order valence-electron chi connectivity index (χ1n) is 12.1. The van der Waals surface area contributed by atoms with Gasteiger partial charge in [0.15, 0.2) is 0 Å². The Labute approximate surface area is 206 Å². The van der Waals surface area contributed by atoms with Gasteiger partial charge in [-0.2, -0.15) is 0 Å². The molecular weight excluding hydrogens is 438 g/mol. The third kappa shape index (κ3) is 4.72. The highest BCUT2D eigenvalue weighted by molar-refractivity contribution is 6.51. The van der Waals surface area contributed by atoms with Crippen molar-refractivity contribution in [2.45, 2.75) is 46.1 Å². The molecule has 1 heterocycles. The molecule has 0 aliphatic carbocycles. The van der Waals surface area contributed by atoms with Crippen LogP contribution in [-0.4, -0.2) is 23.4 Å². The number of ether oxygens (including phenoxy) is 1. The first kappa shape index (κ1) is 24.3. The number of anilines is 1. The standard InChI is InChI=1S/C30H31NO4/c1-5-20-7-9-23(10-8-20)28(32)26-27(22-13-17-25(18-14-22)35-6-2)31(30(34)29(26)33)24-15-11-21(12-16-24)19(3)4/h7-19,27,32H,5-6H2,1-4H3/b28-26+. The Kier molecular flexibility index (Phi) is 7.06. The number of benzene rings is 3. The first-order valence-corrected chi connectivity index (χ1v) is 12.1. The largest absolute Gasteiger partial charge is 0.507 e. The summed E-state index contributed by atoms with van der Waals surface area (Å²) in [5.41, 5.74) is 4.17. The van der Waals surface area contributed by atoms with Gasteiger partial charge in [-0.25, -0.2) is 0 Å². The second-order valence-electron chi connectivity index (χ2n) is 8.97. The van der Waals surface area contributed by atoms with Crippen molar-refractivity contribution in [3.8, 4) is 5.75 Å². The quantitative estimate of drug-likeness (QED) is 0.247. The number of carbonyl (C=O) groups excluding carboxylic acids is 2. The zero-order valence-corrected chi connectivity index (χ0v) is 20.6. The van der Waals surface area contributed by atoms with Crippen molar-refractivity contribution < 1.29 is 19.4 Å². The highest BCUT2D eigenvalue weighted by atomic mass is 16.5. The number of aliphatic hydroxyl groups is 1. The van der Waals surface area contributed by atoms with Crippen LogP contribution in [0.3, 0.4) is 0 Å². The summed E-state index contributed by atoms with van der Waals surface area (Å²) in [5.74, 6) is -0.495. The number of hydrogen-bond acceptors (Lipinski definition) is 4. The van der Waals surface area contributed by atoms with Gasteiger partial charge in [-0.3, -0.25) is 14.5 Å². The molecule has 4 rings (SSSR count). The maximum absolute atomic E-state index is 13.3. The number of carbonyl (C=O) groups is 2. The predicted octanol–water partition coefficient (Wildman–Crippen LogP) is 6.40. The van der Waals surface area contributed by atoms with Gasteiger partial charge in [0.1, 0.15) is 11.5 Å². The molecular formula is C30H31NO4. The number of amides is 1. The van der Waals surface area contributed by atoms with E-state index in [-0.39, 0.29) is 11.3 Å². The van der Waals surface area contributed by atoms with E-state index in [0.29, 0.717) is 35.1 Å². The molecule has 1 N–H and O–H groups in total. The van der Waals surface area contributed by atoms with Gasteiger partial charge in [-0.05, 0) is 60.2 Å². The minimum absolute atomic E-state index is 0.0799. The van der Waals surface area contributed by atoms with Crippen LogP contribution in [-0.2, 0) is 16.0 Å². The summed E-state index contributed by atoms with van der Waals surface area (Å²) in [6.07, 6.45) is 0.865. The van der Waals surface area contributed by atoms with Crippen LogP contribution in [0.2, 0.25) is 0 Å². The molecule has 35 heavy (non-hydrogen) atoms. The second kappa shape index (κ2) is 10.2. The van der Waals surface area contributed by atoms with Crippen LogP contribution in [0.4, 0.5) is 5.69 Å². The van der Waals surface area contributed by atoms with Crippen LogP contribution < -0.4 is 9.64 Å². The fraction of sp³-hybridized carbons (Fsp3) is 0.267. The fourth-order valence-electron chi connectivity index (χ4n) is 4.40. The predicted molar refractivity (Wildman–Crippen MR) is 139 cm³/mol. The summed E-state index contributed by atoms with van der Waals surface area (Å²) < 4.78 is 5.57. The average molecular weight is 470 g/mol. The highest BCUT2D eigenvalue weighted by Crippen LogP contribution is 2.42. The molecule has 3 aromatic carbocycles. The summed E-state index contributed by atoms with van der Waals surface area (Å²) in [4.78, 5) is 28.1. The van der Waals surface area contributed by atoms with Crippen molar-refractivity contribution in [2.75, 3.05) is 11.5 Å². The maximum atomic E-state index is 13.3. The van der Waals surface area contributed by atoms with Crippen molar-refractivity contribution in [2.24, 2.45) is 0 Å². The van der Waals surface area contributed by atoms with E-state index in [1.807, 2.05) is 67.6 Å². The minimum Gasteiger partial charge on any atom is -0.507 e. The maximum Gasteiger partial charge on any atom is 0.300 e.